The number of hydrogen-bond acceptors (Lipinski definition) is 9. The van der Waals surface area contributed by atoms with Gasteiger partial charge in [0.1, 0.15) is 16.6 Å². The van der Waals surface area contributed by atoms with Crippen LogP contribution in [0.1, 0.15) is 34.4 Å². The zero-order valence-corrected chi connectivity index (χ0v) is 20.5. The summed E-state index contributed by atoms with van der Waals surface area (Å²) in [7, 11) is 0. The number of aromatic nitrogens is 4. The van der Waals surface area contributed by atoms with Gasteiger partial charge < -0.3 is 16.0 Å². The Bertz CT molecular complexity index is 1640. The largest absolute Gasteiger partial charge is 0.351 e. The van der Waals surface area contributed by atoms with Crippen LogP contribution in [0.2, 0.25) is 0 Å². The van der Waals surface area contributed by atoms with Gasteiger partial charge in [-0.15, -0.1) is 11.3 Å². The Morgan fingerprint density at radius 1 is 1.24 bits per heavy atom. The molecule has 2 aliphatic rings. The highest BCUT2D eigenvalue weighted by molar-refractivity contribution is 7.16. The zero-order valence-electron chi connectivity index (χ0n) is 19.7. The maximum Gasteiger partial charge on any atom is 0.326 e. The molecule has 1 aromatic carbocycles. The van der Waals surface area contributed by atoms with Crippen molar-refractivity contribution in [3.63, 3.8) is 0 Å². The standard InChI is InChI=1S/C25H21N9O2S/c1-13-8-19(37-20(13)10-26)17-5-3-2-4-14(17)11-27-23-31-21-15(9-18-22(35)32-25(36)30-18)12-28-34(21)24(33-23)29-16-6-7-16/h2-5,8-9,12,16H,6-7,11H2,1H3,(H2,27,29,31,33)(H2,30,32,35,36)/b18-9-. The summed E-state index contributed by atoms with van der Waals surface area (Å²) < 4.78 is 1.59. The summed E-state index contributed by atoms with van der Waals surface area (Å²) in [5, 5.41) is 25.2. The van der Waals surface area contributed by atoms with Crippen LogP contribution < -0.4 is 21.3 Å². The number of carbonyl (C=O) groups excluding carboxylic acids is 2. The average molecular weight is 512 g/mol. The van der Waals surface area contributed by atoms with E-state index in [0.717, 1.165) is 34.4 Å². The molecule has 0 radical (unpaired) electrons. The minimum absolute atomic E-state index is 0.127. The Morgan fingerprint density at radius 3 is 2.81 bits per heavy atom. The highest BCUT2D eigenvalue weighted by Gasteiger charge is 2.26. The maximum atomic E-state index is 12.0. The lowest BCUT2D eigenvalue weighted by Gasteiger charge is -2.12. The van der Waals surface area contributed by atoms with Crippen LogP contribution in [0.3, 0.4) is 0 Å². The average Bonchev–Trinajstić information content (AvgIpc) is 3.35. The summed E-state index contributed by atoms with van der Waals surface area (Å²) in [4.78, 5) is 34.6. The van der Waals surface area contributed by atoms with Crippen LogP contribution in [0.5, 0.6) is 0 Å². The summed E-state index contributed by atoms with van der Waals surface area (Å²) in [6.07, 6.45) is 5.23. The van der Waals surface area contributed by atoms with Crippen LogP contribution >= 0.6 is 11.3 Å². The number of nitrogens with zero attached hydrogens (tertiary/aromatic N) is 5. The lowest BCUT2D eigenvalue weighted by atomic mass is 10.1. The fraction of sp³-hybridized carbons (Fsp3) is 0.200. The lowest BCUT2D eigenvalue weighted by Crippen LogP contribution is -2.22. The molecule has 0 spiro atoms. The highest BCUT2D eigenvalue weighted by atomic mass is 32.1. The number of nitriles is 1. The summed E-state index contributed by atoms with van der Waals surface area (Å²) in [6.45, 7) is 2.40. The van der Waals surface area contributed by atoms with Crippen LogP contribution in [0.25, 0.3) is 22.2 Å². The van der Waals surface area contributed by atoms with E-state index in [1.807, 2.05) is 37.3 Å². The van der Waals surface area contributed by atoms with Gasteiger partial charge in [0.15, 0.2) is 5.65 Å². The number of fused-ring (bicyclic) bond motifs is 1. The zero-order chi connectivity index (χ0) is 25.5. The first-order chi connectivity index (χ1) is 18.0. The first-order valence-corrected chi connectivity index (χ1v) is 12.5. The monoisotopic (exact) mass is 511 g/mol. The number of urea groups is 1. The summed E-state index contributed by atoms with van der Waals surface area (Å²) in [5.41, 5.74) is 4.22. The fourth-order valence-electron chi connectivity index (χ4n) is 4.03. The van der Waals surface area contributed by atoms with Crippen molar-refractivity contribution in [2.24, 2.45) is 0 Å². The Morgan fingerprint density at radius 2 is 2.08 bits per heavy atom. The topological polar surface area (TPSA) is 149 Å². The molecule has 1 saturated heterocycles. The van der Waals surface area contributed by atoms with Gasteiger partial charge in [-0.25, -0.2) is 4.79 Å². The van der Waals surface area contributed by atoms with E-state index in [-0.39, 0.29) is 5.70 Å². The van der Waals surface area contributed by atoms with E-state index < -0.39 is 11.9 Å². The van der Waals surface area contributed by atoms with E-state index >= 15 is 0 Å². The van der Waals surface area contributed by atoms with Crippen LogP contribution in [0, 0.1) is 18.3 Å². The number of thiophene rings is 1. The molecule has 4 N–H and O–H groups in total. The Kier molecular flexibility index (Phi) is 5.54. The van der Waals surface area contributed by atoms with E-state index in [9.17, 15) is 14.9 Å². The number of amides is 3. The summed E-state index contributed by atoms with van der Waals surface area (Å²) >= 11 is 1.47. The number of carbonyl (C=O) groups is 2. The number of benzene rings is 1. The third-order valence-corrected chi connectivity index (χ3v) is 7.24. The molecule has 6 rings (SSSR count). The second-order valence-electron chi connectivity index (χ2n) is 8.84. The molecule has 3 aromatic heterocycles. The fourth-order valence-corrected chi connectivity index (χ4v) is 5.06. The first-order valence-electron chi connectivity index (χ1n) is 11.7. The molecule has 12 heteroatoms. The molecule has 1 aliphatic carbocycles. The molecule has 0 atom stereocenters. The van der Waals surface area contributed by atoms with E-state index in [1.165, 1.54) is 11.3 Å². The van der Waals surface area contributed by atoms with Crippen molar-refractivity contribution in [1.82, 2.24) is 30.2 Å². The molecule has 0 unspecified atom stereocenters. The van der Waals surface area contributed by atoms with E-state index in [4.69, 9.17) is 0 Å². The summed E-state index contributed by atoms with van der Waals surface area (Å²) in [5.74, 6) is 0.430. The predicted octanol–water partition coefficient (Wildman–Crippen LogP) is 3.40. The van der Waals surface area contributed by atoms with Crippen LogP contribution in [-0.4, -0.2) is 37.6 Å². The molecule has 4 aromatic rings. The molecule has 4 heterocycles. The van der Waals surface area contributed by atoms with Gasteiger partial charge in [-0.1, -0.05) is 24.3 Å². The normalized spacial score (nSPS) is 16.1. The van der Waals surface area contributed by atoms with Crippen molar-refractivity contribution >= 4 is 46.9 Å². The molecular weight excluding hydrogens is 490 g/mol. The van der Waals surface area contributed by atoms with Gasteiger partial charge in [0, 0.05) is 23.0 Å². The first kappa shape index (κ1) is 22.7. The number of hydrogen-bond donors (Lipinski definition) is 4. The number of aryl methyl sites for hydroxylation is 1. The third kappa shape index (κ3) is 4.48. The van der Waals surface area contributed by atoms with Crippen molar-refractivity contribution in [2.45, 2.75) is 32.4 Å². The minimum Gasteiger partial charge on any atom is -0.351 e. The van der Waals surface area contributed by atoms with Crippen LogP contribution in [0.15, 0.2) is 42.2 Å². The Balaban J connectivity index is 1.34. The quantitative estimate of drug-likeness (QED) is 0.218. The molecule has 1 aliphatic heterocycles. The van der Waals surface area contributed by atoms with Crippen LogP contribution in [0.4, 0.5) is 16.7 Å². The smallest absolute Gasteiger partial charge is 0.326 e. The highest BCUT2D eigenvalue weighted by Crippen LogP contribution is 2.33. The van der Waals surface area contributed by atoms with Gasteiger partial charge in [0.2, 0.25) is 11.9 Å². The second-order valence-corrected chi connectivity index (χ2v) is 9.89. The molecule has 3 amide bonds. The second kappa shape index (κ2) is 9.03. The van der Waals surface area contributed by atoms with Gasteiger partial charge in [0.25, 0.3) is 5.91 Å². The molecule has 11 nitrogen and oxygen atoms in total. The van der Waals surface area contributed by atoms with Gasteiger partial charge in [-0.05, 0) is 48.6 Å². The lowest BCUT2D eigenvalue weighted by molar-refractivity contribution is -0.115. The van der Waals surface area contributed by atoms with E-state index in [2.05, 4.69) is 42.4 Å². The molecule has 1 saturated carbocycles. The van der Waals surface area contributed by atoms with Gasteiger partial charge >= 0.3 is 6.03 Å². The van der Waals surface area contributed by atoms with Crippen molar-refractivity contribution in [3.8, 4) is 16.5 Å². The number of nitrogens with one attached hydrogen (secondary N) is 4. The Hall–Kier alpha value is -4.76. The number of rotatable bonds is 7. The molecule has 0 bridgehead atoms. The Labute approximate surface area is 215 Å². The molecule has 37 heavy (non-hydrogen) atoms. The maximum absolute atomic E-state index is 12.0. The van der Waals surface area contributed by atoms with Gasteiger partial charge in [-0.2, -0.15) is 24.8 Å². The van der Waals surface area contributed by atoms with Gasteiger partial charge in [-0.3, -0.25) is 10.1 Å². The van der Waals surface area contributed by atoms with E-state index in [1.54, 1.807) is 16.8 Å². The number of imide groups is 1. The third-order valence-electron chi connectivity index (χ3n) is 6.06. The van der Waals surface area contributed by atoms with Crippen molar-refractivity contribution < 1.29 is 9.59 Å². The molecular formula is C25H21N9O2S. The minimum atomic E-state index is -0.567. The molecule has 2 fully saturated rings. The number of anilines is 2. The van der Waals surface area contributed by atoms with Crippen molar-refractivity contribution in [1.29, 1.82) is 5.26 Å². The SMILES string of the molecule is Cc1cc(-c2ccccc2CNc2nc(NC3CC3)n3ncc(/C=C4\NC(=O)NC4=O)c3n2)sc1C#N. The van der Waals surface area contributed by atoms with Gasteiger partial charge in [0.05, 0.1) is 6.20 Å². The van der Waals surface area contributed by atoms with Crippen molar-refractivity contribution in [2.75, 3.05) is 10.6 Å². The summed E-state index contributed by atoms with van der Waals surface area (Å²) in [6, 6.07) is 12.1. The van der Waals surface area contributed by atoms with E-state index in [0.29, 0.717) is 40.6 Å². The predicted molar refractivity (Wildman–Crippen MR) is 139 cm³/mol. The molecule has 184 valence electrons. The van der Waals surface area contributed by atoms with Crippen LogP contribution in [-0.2, 0) is 11.3 Å². The van der Waals surface area contributed by atoms with Crippen molar-refractivity contribution in [3.05, 3.63) is 63.8 Å².